The molecule has 0 saturated carbocycles. The van der Waals surface area contributed by atoms with Crippen LogP contribution in [-0.2, 0) is 0 Å². The Kier molecular flexibility index (Phi) is 3.10. The molecule has 0 atom stereocenters. The summed E-state index contributed by atoms with van der Waals surface area (Å²) in [5.41, 5.74) is 0.232. The highest BCUT2D eigenvalue weighted by Gasteiger charge is 2.14. The number of hydrogen-bond acceptors (Lipinski definition) is 2. The van der Waals surface area contributed by atoms with Crippen molar-refractivity contribution in [2.24, 2.45) is 0 Å². The van der Waals surface area contributed by atoms with Crippen LogP contribution in [0, 0.1) is 0 Å². The van der Waals surface area contributed by atoms with Crippen LogP contribution in [0.15, 0.2) is 45.9 Å². The van der Waals surface area contributed by atoms with Crippen molar-refractivity contribution < 1.29 is 9.90 Å². The van der Waals surface area contributed by atoms with Crippen molar-refractivity contribution >= 4 is 21.9 Å². The maximum Gasteiger partial charge on any atom is 0.341 e. The summed E-state index contributed by atoms with van der Waals surface area (Å²) in [6.45, 7) is 0. The molecule has 5 heteroatoms. The number of nitrogens with one attached hydrogen (secondary N) is 1. The van der Waals surface area contributed by atoms with Crippen LogP contribution >= 0.6 is 15.9 Å². The van der Waals surface area contributed by atoms with Gasteiger partial charge in [-0.1, -0.05) is 34.1 Å². The molecule has 0 aliphatic heterocycles. The van der Waals surface area contributed by atoms with Crippen LogP contribution in [0.2, 0.25) is 0 Å². The van der Waals surface area contributed by atoms with Crippen molar-refractivity contribution in [1.82, 2.24) is 4.98 Å². The minimum atomic E-state index is -1.24. The van der Waals surface area contributed by atoms with Crippen LogP contribution in [-0.4, -0.2) is 16.1 Å². The molecule has 0 radical (unpaired) electrons. The molecule has 17 heavy (non-hydrogen) atoms. The summed E-state index contributed by atoms with van der Waals surface area (Å²) in [6.07, 6.45) is 2.68. The first-order valence-electron chi connectivity index (χ1n) is 4.80. The van der Waals surface area contributed by atoms with Crippen LogP contribution in [0.3, 0.4) is 0 Å². The third-order valence-corrected chi connectivity index (χ3v) is 3.03. The van der Waals surface area contributed by atoms with Gasteiger partial charge in [-0.2, -0.15) is 0 Å². The third kappa shape index (κ3) is 2.14. The number of carboxylic acid groups (broad SMARTS) is 1. The standard InChI is InChI=1S/C12H8BrNO3/c13-10-4-2-1-3-7(10)8-5-14-6-9(11(8)15)12(16)17/h1-6H,(H,14,15)(H,16,17). The zero-order chi connectivity index (χ0) is 12.4. The van der Waals surface area contributed by atoms with Crippen molar-refractivity contribution in [2.75, 3.05) is 0 Å². The number of carboxylic acids is 1. The van der Waals surface area contributed by atoms with Gasteiger partial charge >= 0.3 is 5.97 Å². The summed E-state index contributed by atoms with van der Waals surface area (Å²) in [5, 5.41) is 8.87. The SMILES string of the molecule is O=C(O)c1c[nH]cc(-c2ccccc2Br)c1=O. The number of aromatic amines is 1. The Labute approximate surface area is 105 Å². The van der Waals surface area contributed by atoms with Gasteiger partial charge in [0.1, 0.15) is 5.56 Å². The summed E-state index contributed by atoms with van der Waals surface area (Å²) in [7, 11) is 0. The zero-order valence-electron chi connectivity index (χ0n) is 8.61. The number of rotatable bonds is 2. The zero-order valence-corrected chi connectivity index (χ0v) is 10.2. The molecule has 0 spiro atoms. The van der Waals surface area contributed by atoms with E-state index in [1.807, 2.05) is 6.07 Å². The Morgan fingerprint density at radius 3 is 2.53 bits per heavy atom. The Bertz CT molecular complexity index is 634. The highest BCUT2D eigenvalue weighted by atomic mass is 79.9. The van der Waals surface area contributed by atoms with Gasteiger partial charge in [-0.3, -0.25) is 4.79 Å². The Hall–Kier alpha value is -1.88. The molecule has 0 bridgehead atoms. The fourth-order valence-electron chi connectivity index (χ4n) is 1.52. The molecule has 1 aromatic heterocycles. The van der Waals surface area contributed by atoms with E-state index >= 15 is 0 Å². The van der Waals surface area contributed by atoms with E-state index in [1.165, 1.54) is 12.4 Å². The number of benzene rings is 1. The topological polar surface area (TPSA) is 70.2 Å². The van der Waals surface area contributed by atoms with E-state index in [0.29, 0.717) is 11.1 Å². The summed E-state index contributed by atoms with van der Waals surface area (Å²) >= 11 is 3.33. The van der Waals surface area contributed by atoms with Crippen LogP contribution in [0.25, 0.3) is 11.1 Å². The molecule has 0 aliphatic rings. The predicted molar refractivity (Wildman–Crippen MR) is 67.2 cm³/mol. The number of pyridine rings is 1. The number of aromatic nitrogens is 1. The van der Waals surface area contributed by atoms with Gasteiger partial charge in [0.05, 0.1) is 0 Å². The van der Waals surface area contributed by atoms with Crippen molar-refractivity contribution in [2.45, 2.75) is 0 Å². The van der Waals surface area contributed by atoms with Gasteiger partial charge < -0.3 is 10.1 Å². The van der Waals surface area contributed by atoms with Crippen LogP contribution < -0.4 is 5.43 Å². The average molecular weight is 294 g/mol. The van der Waals surface area contributed by atoms with Gasteiger partial charge in [0, 0.05) is 28.0 Å². The second-order valence-corrected chi connectivity index (χ2v) is 4.25. The van der Waals surface area contributed by atoms with Crippen LogP contribution in [0.1, 0.15) is 10.4 Å². The normalized spacial score (nSPS) is 10.2. The third-order valence-electron chi connectivity index (χ3n) is 2.34. The first-order chi connectivity index (χ1) is 8.11. The van der Waals surface area contributed by atoms with Crippen molar-refractivity contribution in [3.63, 3.8) is 0 Å². The van der Waals surface area contributed by atoms with Gasteiger partial charge in [0.15, 0.2) is 0 Å². The van der Waals surface area contributed by atoms with Gasteiger partial charge in [-0.25, -0.2) is 4.79 Å². The maximum absolute atomic E-state index is 11.9. The quantitative estimate of drug-likeness (QED) is 0.894. The van der Waals surface area contributed by atoms with E-state index in [2.05, 4.69) is 20.9 Å². The fourth-order valence-corrected chi connectivity index (χ4v) is 2.02. The van der Waals surface area contributed by atoms with E-state index < -0.39 is 11.4 Å². The summed E-state index contributed by atoms with van der Waals surface area (Å²) < 4.78 is 0.744. The lowest BCUT2D eigenvalue weighted by Crippen LogP contribution is -2.16. The van der Waals surface area contributed by atoms with Gasteiger partial charge in [-0.15, -0.1) is 0 Å². The molecule has 2 aromatic rings. The summed E-state index contributed by atoms with van der Waals surface area (Å²) in [4.78, 5) is 25.5. The molecule has 0 fully saturated rings. The van der Waals surface area contributed by atoms with E-state index in [1.54, 1.807) is 18.2 Å². The molecule has 2 N–H and O–H groups in total. The van der Waals surface area contributed by atoms with E-state index in [9.17, 15) is 9.59 Å². The Balaban J connectivity index is 2.70. The molecule has 2 rings (SSSR count). The second-order valence-electron chi connectivity index (χ2n) is 3.40. The lowest BCUT2D eigenvalue weighted by Gasteiger charge is -2.04. The molecule has 0 saturated heterocycles. The lowest BCUT2D eigenvalue weighted by atomic mass is 10.1. The Morgan fingerprint density at radius 1 is 1.18 bits per heavy atom. The minimum absolute atomic E-state index is 0.266. The molecular weight excluding hydrogens is 286 g/mol. The van der Waals surface area contributed by atoms with Crippen molar-refractivity contribution in [3.8, 4) is 11.1 Å². The molecule has 4 nitrogen and oxygen atoms in total. The molecule has 86 valence electrons. The molecule has 1 heterocycles. The number of carbonyl (C=O) groups is 1. The van der Waals surface area contributed by atoms with Gasteiger partial charge in [-0.05, 0) is 6.07 Å². The van der Waals surface area contributed by atoms with Crippen LogP contribution in [0.5, 0.6) is 0 Å². The number of aromatic carboxylic acids is 1. The number of H-pyrrole nitrogens is 1. The fraction of sp³-hybridized carbons (Fsp3) is 0. The summed E-state index contributed by atoms with van der Waals surface area (Å²) in [5.74, 6) is -1.24. The first kappa shape index (κ1) is 11.6. The van der Waals surface area contributed by atoms with Crippen molar-refractivity contribution in [1.29, 1.82) is 0 Å². The maximum atomic E-state index is 11.9. The monoisotopic (exact) mass is 293 g/mol. The van der Waals surface area contributed by atoms with E-state index in [-0.39, 0.29) is 5.56 Å². The molecular formula is C12H8BrNO3. The van der Waals surface area contributed by atoms with E-state index in [0.717, 1.165) is 4.47 Å². The first-order valence-corrected chi connectivity index (χ1v) is 5.60. The molecule has 1 aromatic carbocycles. The largest absolute Gasteiger partial charge is 0.477 e. The van der Waals surface area contributed by atoms with Crippen molar-refractivity contribution in [3.05, 3.63) is 56.9 Å². The predicted octanol–water partition coefficient (Wildman–Crippen LogP) is 2.50. The highest BCUT2D eigenvalue weighted by Crippen LogP contribution is 2.25. The lowest BCUT2D eigenvalue weighted by molar-refractivity contribution is 0.0695. The average Bonchev–Trinajstić information content (AvgIpc) is 2.30. The molecule has 0 aliphatic carbocycles. The number of hydrogen-bond donors (Lipinski definition) is 2. The van der Waals surface area contributed by atoms with Gasteiger partial charge in [0.2, 0.25) is 5.43 Å². The van der Waals surface area contributed by atoms with Gasteiger partial charge in [0.25, 0.3) is 0 Å². The summed E-state index contributed by atoms with van der Waals surface area (Å²) in [6, 6.07) is 7.15. The number of halogens is 1. The van der Waals surface area contributed by atoms with Crippen LogP contribution in [0.4, 0.5) is 0 Å². The minimum Gasteiger partial charge on any atom is -0.477 e. The second kappa shape index (κ2) is 4.55. The highest BCUT2D eigenvalue weighted by molar-refractivity contribution is 9.10. The Morgan fingerprint density at radius 2 is 1.88 bits per heavy atom. The molecule has 0 amide bonds. The van der Waals surface area contributed by atoms with E-state index in [4.69, 9.17) is 5.11 Å². The smallest absolute Gasteiger partial charge is 0.341 e. The molecule has 0 unspecified atom stereocenters.